The van der Waals surface area contributed by atoms with Gasteiger partial charge in [-0.1, -0.05) is 42.8 Å². The number of H-pyrrole nitrogens is 1. The third kappa shape index (κ3) is 4.34. The molecule has 35 heavy (non-hydrogen) atoms. The maximum Gasteiger partial charge on any atom is 0.214 e. The summed E-state index contributed by atoms with van der Waals surface area (Å²) in [4.78, 5) is 17.0. The van der Waals surface area contributed by atoms with Crippen LogP contribution in [0.5, 0.6) is 5.75 Å². The van der Waals surface area contributed by atoms with Crippen LogP contribution in [0.2, 0.25) is 0 Å². The van der Waals surface area contributed by atoms with Gasteiger partial charge in [0.1, 0.15) is 5.75 Å². The van der Waals surface area contributed by atoms with Gasteiger partial charge in [-0.15, -0.1) is 0 Å². The van der Waals surface area contributed by atoms with Crippen LogP contribution in [0.25, 0.3) is 10.9 Å². The van der Waals surface area contributed by atoms with Crippen LogP contribution in [-0.2, 0) is 15.4 Å². The number of piperidine rings is 1. The van der Waals surface area contributed by atoms with Crippen molar-refractivity contribution in [3.63, 3.8) is 0 Å². The van der Waals surface area contributed by atoms with Crippen molar-refractivity contribution in [1.29, 1.82) is 0 Å². The van der Waals surface area contributed by atoms with Crippen LogP contribution < -0.4 is 4.74 Å². The Morgan fingerprint density at radius 2 is 1.89 bits per heavy atom. The molecule has 1 fully saturated rings. The second-order valence-electron chi connectivity index (χ2n) is 10.2. The Labute approximate surface area is 215 Å². The number of rotatable bonds is 6. The summed E-state index contributed by atoms with van der Waals surface area (Å²) in [6.07, 6.45) is 2.23. The Balaban J connectivity index is 1.34. The van der Waals surface area contributed by atoms with Gasteiger partial charge in [-0.25, -0.2) is 12.7 Å². The molecule has 186 valence electrons. The third-order valence-corrected chi connectivity index (χ3v) is 10.0. The van der Waals surface area contributed by atoms with Crippen LogP contribution in [0, 0.1) is 5.92 Å². The summed E-state index contributed by atoms with van der Waals surface area (Å²) >= 11 is 3.52. The first-order valence-corrected chi connectivity index (χ1v) is 14.6. The highest BCUT2D eigenvalue weighted by atomic mass is 79.9. The molecule has 8 heteroatoms. The molecule has 2 aliphatic rings. The van der Waals surface area contributed by atoms with Crippen LogP contribution in [0.15, 0.2) is 40.9 Å². The predicted octanol–water partition coefficient (Wildman–Crippen LogP) is 5.63. The van der Waals surface area contributed by atoms with E-state index < -0.39 is 10.0 Å². The first-order chi connectivity index (χ1) is 16.6. The Bertz CT molecular complexity index is 1400. The molecule has 0 radical (unpaired) electrons. The molecule has 0 saturated carbocycles. The van der Waals surface area contributed by atoms with Gasteiger partial charge in [-0.05, 0) is 61.1 Å². The summed E-state index contributed by atoms with van der Waals surface area (Å²) < 4.78 is 33.4. The molecule has 2 aromatic carbocycles. The van der Waals surface area contributed by atoms with Gasteiger partial charge in [0.25, 0.3) is 0 Å². The molecule has 2 heterocycles. The highest BCUT2D eigenvalue weighted by Crippen LogP contribution is 2.45. The van der Waals surface area contributed by atoms with E-state index in [0.29, 0.717) is 37.6 Å². The van der Waals surface area contributed by atoms with Crippen molar-refractivity contribution in [1.82, 2.24) is 9.29 Å². The van der Waals surface area contributed by atoms with Crippen molar-refractivity contribution < 1.29 is 17.9 Å². The van der Waals surface area contributed by atoms with Gasteiger partial charge in [-0.3, -0.25) is 4.79 Å². The Kier molecular flexibility index (Phi) is 6.34. The first-order valence-electron chi connectivity index (χ1n) is 12.2. The average molecular weight is 560 g/mol. The lowest BCUT2D eigenvalue weighted by Crippen LogP contribution is -2.40. The van der Waals surface area contributed by atoms with E-state index in [9.17, 15) is 13.2 Å². The van der Waals surface area contributed by atoms with Crippen LogP contribution in [0.3, 0.4) is 0 Å². The molecule has 1 aliphatic carbocycles. The predicted molar refractivity (Wildman–Crippen MR) is 142 cm³/mol. The van der Waals surface area contributed by atoms with Gasteiger partial charge in [0, 0.05) is 45.1 Å². The minimum atomic E-state index is -3.13. The van der Waals surface area contributed by atoms with Crippen LogP contribution in [0.1, 0.15) is 67.2 Å². The molecule has 0 amide bonds. The average Bonchev–Trinajstić information content (AvgIpc) is 3.21. The monoisotopic (exact) mass is 558 g/mol. The molecule has 0 unspecified atom stereocenters. The van der Waals surface area contributed by atoms with E-state index in [2.05, 4.69) is 34.8 Å². The second-order valence-corrected chi connectivity index (χ2v) is 13.2. The summed E-state index contributed by atoms with van der Waals surface area (Å²) in [5.41, 5.74) is 3.92. The summed E-state index contributed by atoms with van der Waals surface area (Å²) in [6, 6.07) is 11.7. The number of halogens is 1. The SMILES string of the molecule is CCCS(=O)(=O)N1CCC(COc2ccc3c(c2)C(C)(C)c2[nH]c4cc(Br)ccc4c2C3=O)CC1. The zero-order chi connectivity index (χ0) is 25.0. The number of sulfonamides is 1. The Hall–Kier alpha value is -2.16. The van der Waals surface area contributed by atoms with Gasteiger partial charge in [0.15, 0.2) is 5.78 Å². The maximum atomic E-state index is 13.5. The van der Waals surface area contributed by atoms with E-state index in [1.54, 1.807) is 4.31 Å². The second kappa shape index (κ2) is 9.05. The molecule has 5 rings (SSSR count). The Morgan fingerprint density at radius 1 is 1.14 bits per heavy atom. The summed E-state index contributed by atoms with van der Waals surface area (Å²) in [5, 5.41) is 0.944. The summed E-state index contributed by atoms with van der Waals surface area (Å²) in [5.74, 6) is 1.31. The normalized spacial score (nSPS) is 18.5. The van der Waals surface area contributed by atoms with E-state index in [1.165, 1.54) is 0 Å². The molecule has 1 saturated heterocycles. The topological polar surface area (TPSA) is 79.5 Å². The number of ether oxygens (including phenoxy) is 1. The van der Waals surface area contributed by atoms with Gasteiger partial charge < -0.3 is 9.72 Å². The van der Waals surface area contributed by atoms with E-state index in [4.69, 9.17) is 4.74 Å². The lowest BCUT2D eigenvalue weighted by atomic mass is 9.71. The van der Waals surface area contributed by atoms with Crippen molar-refractivity contribution in [2.45, 2.75) is 45.4 Å². The molecule has 0 atom stereocenters. The van der Waals surface area contributed by atoms with E-state index in [-0.39, 0.29) is 17.0 Å². The largest absolute Gasteiger partial charge is 0.493 e. The van der Waals surface area contributed by atoms with Crippen LogP contribution in [-0.4, -0.2) is 48.9 Å². The van der Waals surface area contributed by atoms with Gasteiger partial charge in [0.05, 0.1) is 17.9 Å². The first kappa shape index (κ1) is 24.5. The van der Waals surface area contributed by atoms with Crippen molar-refractivity contribution in [2.75, 3.05) is 25.4 Å². The fourth-order valence-corrected chi connectivity index (χ4v) is 7.33. The van der Waals surface area contributed by atoms with E-state index >= 15 is 0 Å². The van der Waals surface area contributed by atoms with Crippen LogP contribution >= 0.6 is 15.9 Å². The number of benzene rings is 2. The molecule has 0 bridgehead atoms. The minimum absolute atomic E-state index is 0.0371. The number of ketones is 1. The fourth-order valence-electron chi connectivity index (χ4n) is 5.43. The number of fused-ring (bicyclic) bond motifs is 4. The quantitative estimate of drug-likeness (QED) is 0.425. The summed E-state index contributed by atoms with van der Waals surface area (Å²) in [7, 11) is -3.13. The third-order valence-electron chi connectivity index (χ3n) is 7.44. The molecular weight excluding hydrogens is 528 g/mol. The van der Waals surface area contributed by atoms with E-state index in [0.717, 1.165) is 50.8 Å². The summed E-state index contributed by atoms with van der Waals surface area (Å²) in [6.45, 7) is 7.82. The number of carbonyl (C=O) groups is 1. The smallest absolute Gasteiger partial charge is 0.214 e. The van der Waals surface area contributed by atoms with Gasteiger partial charge in [0.2, 0.25) is 10.0 Å². The zero-order valence-electron chi connectivity index (χ0n) is 20.4. The molecule has 1 N–H and O–H groups in total. The van der Waals surface area contributed by atoms with Crippen molar-refractivity contribution >= 4 is 42.6 Å². The molecule has 1 aromatic heterocycles. The highest BCUT2D eigenvalue weighted by Gasteiger charge is 2.40. The number of aromatic nitrogens is 1. The lowest BCUT2D eigenvalue weighted by Gasteiger charge is -2.33. The van der Waals surface area contributed by atoms with Gasteiger partial charge in [-0.2, -0.15) is 0 Å². The Morgan fingerprint density at radius 3 is 2.60 bits per heavy atom. The fraction of sp³-hybridized carbons (Fsp3) is 0.444. The minimum Gasteiger partial charge on any atom is -0.493 e. The van der Waals surface area contributed by atoms with Crippen molar-refractivity contribution in [3.05, 3.63) is 63.3 Å². The van der Waals surface area contributed by atoms with Crippen molar-refractivity contribution in [3.8, 4) is 5.75 Å². The molecule has 3 aromatic rings. The van der Waals surface area contributed by atoms with E-state index in [1.807, 2.05) is 43.3 Å². The number of nitrogens with zero attached hydrogens (tertiary/aromatic N) is 1. The molecule has 0 spiro atoms. The standard InChI is InChI=1S/C27H31BrN2O4S/c1-4-13-35(32,33)30-11-9-17(10-12-30)16-34-19-6-8-20-22(15-19)27(2,3)26-24(25(20)31)21-7-5-18(28)14-23(21)29-26/h5-8,14-15,17,29H,4,9-13,16H2,1-3H3. The lowest BCUT2D eigenvalue weighted by molar-refractivity contribution is 0.103. The molecule has 1 aliphatic heterocycles. The maximum absolute atomic E-state index is 13.5. The van der Waals surface area contributed by atoms with Gasteiger partial charge >= 0.3 is 0 Å². The zero-order valence-corrected chi connectivity index (χ0v) is 22.8. The number of hydrogen-bond acceptors (Lipinski definition) is 4. The van der Waals surface area contributed by atoms with Crippen LogP contribution in [0.4, 0.5) is 0 Å². The number of aromatic amines is 1. The molecule has 6 nitrogen and oxygen atoms in total. The number of carbonyl (C=O) groups excluding carboxylic acids is 1. The molecular formula is C27H31BrN2O4S. The number of nitrogens with one attached hydrogen (secondary N) is 1. The highest BCUT2D eigenvalue weighted by molar-refractivity contribution is 9.10. The number of hydrogen-bond donors (Lipinski definition) is 1. The van der Waals surface area contributed by atoms with Crippen molar-refractivity contribution in [2.24, 2.45) is 5.92 Å².